The number of anilines is 1. The van der Waals surface area contributed by atoms with Crippen molar-refractivity contribution in [2.24, 2.45) is 0 Å². The van der Waals surface area contributed by atoms with E-state index in [-0.39, 0.29) is 38.2 Å². The van der Waals surface area contributed by atoms with Crippen LogP contribution in [0.4, 0.5) is 5.82 Å². The summed E-state index contributed by atoms with van der Waals surface area (Å²) in [5.41, 5.74) is 0.382. The molecule has 0 bridgehead atoms. The lowest BCUT2D eigenvalue weighted by Crippen LogP contribution is -2.29. The first kappa shape index (κ1) is 21.4. The molecule has 4 aromatic rings. The number of nitrogens with zero attached hydrogens (tertiary/aromatic N) is 2. The van der Waals surface area contributed by atoms with E-state index in [1.54, 1.807) is 31.2 Å². The third-order valence-corrected chi connectivity index (χ3v) is 5.98. The van der Waals surface area contributed by atoms with Gasteiger partial charge in [0.1, 0.15) is 5.76 Å². The van der Waals surface area contributed by atoms with E-state index in [0.717, 1.165) is 0 Å². The summed E-state index contributed by atoms with van der Waals surface area (Å²) in [5, 5.41) is 4.57. The lowest BCUT2D eigenvalue weighted by molar-refractivity contribution is 0.0969. The van der Waals surface area contributed by atoms with Gasteiger partial charge in [-0.15, -0.1) is 0 Å². The van der Waals surface area contributed by atoms with Crippen LogP contribution in [-0.2, 0) is 0 Å². The third kappa shape index (κ3) is 3.25. The third-order valence-electron chi connectivity index (χ3n) is 5.48. The second-order valence-electron chi connectivity index (χ2n) is 7.43. The molecule has 1 amide bonds. The van der Waals surface area contributed by atoms with Crippen molar-refractivity contribution in [2.75, 3.05) is 19.1 Å². The highest BCUT2D eigenvalue weighted by atomic mass is 35.5. The van der Waals surface area contributed by atoms with Gasteiger partial charge in [0.15, 0.2) is 28.3 Å². The minimum atomic E-state index is -0.866. The number of methoxy groups -OCH3 is 2. The molecule has 3 heterocycles. The Bertz CT molecular complexity index is 1490. The SMILES string of the molecule is COc1ccc([C@@H]2c3c(oc4c(Cl)cc(Cl)cc4c3=O)C(=O)N2c2cc(C)on2)cc1OC. The number of hydrogen-bond donors (Lipinski definition) is 0. The van der Waals surface area contributed by atoms with Gasteiger partial charge in [-0.25, -0.2) is 0 Å². The van der Waals surface area contributed by atoms with E-state index >= 15 is 0 Å². The smallest absolute Gasteiger partial charge is 0.296 e. The summed E-state index contributed by atoms with van der Waals surface area (Å²) in [6, 6.07) is 8.78. The second kappa shape index (κ2) is 7.83. The molecule has 10 heteroatoms. The van der Waals surface area contributed by atoms with Gasteiger partial charge in [0.2, 0.25) is 5.76 Å². The highest BCUT2D eigenvalue weighted by Gasteiger charge is 2.45. The first-order valence-corrected chi connectivity index (χ1v) is 10.5. The van der Waals surface area contributed by atoms with E-state index in [1.165, 1.54) is 31.3 Å². The zero-order chi connectivity index (χ0) is 23.4. The van der Waals surface area contributed by atoms with Gasteiger partial charge in [-0.05, 0) is 36.8 Å². The minimum absolute atomic E-state index is 0.0856. The number of benzene rings is 2. The molecule has 0 saturated carbocycles. The van der Waals surface area contributed by atoms with E-state index in [9.17, 15) is 9.59 Å². The summed E-state index contributed by atoms with van der Waals surface area (Å²) in [7, 11) is 3.02. The molecule has 1 aliphatic heterocycles. The fraction of sp³-hybridized carbons (Fsp3) is 0.174. The van der Waals surface area contributed by atoms with Crippen molar-refractivity contribution in [2.45, 2.75) is 13.0 Å². The number of aromatic nitrogens is 1. The van der Waals surface area contributed by atoms with Crippen molar-refractivity contribution in [1.82, 2.24) is 5.16 Å². The first-order valence-electron chi connectivity index (χ1n) is 9.78. The van der Waals surface area contributed by atoms with Crippen molar-refractivity contribution in [3.63, 3.8) is 0 Å². The number of hydrogen-bond acceptors (Lipinski definition) is 7. The minimum Gasteiger partial charge on any atom is -0.493 e. The van der Waals surface area contributed by atoms with E-state index in [4.69, 9.17) is 41.6 Å². The van der Waals surface area contributed by atoms with Crippen LogP contribution in [-0.4, -0.2) is 25.3 Å². The van der Waals surface area contributed by atoms with Crippen LogP contribution in [0.5, 0.6) is 11.5 Å². The van der Waals surface area contributed by atoms with Gasteiger partial charge in [0.05, 0.1) is 36.2 Å². The van der Waals surface area contributed by atoms with Gasteiger partial charge in [0, 0.05) is 11.1 Å². The summed E-state index contributed by atoms with van der Waals surface area (Å²) in [6.45, 7) is 1.70. The van der Waals surface area contributed by atoms with Crippen molar-refractivity contribution >= 4 is 45.9 Å². The number of ether oxygens (including phenoxy) is 2. The fourth-order valence-corrected chi connectivity index (χ4v) is 4.57. The highest BCUT2D eigenvalue weighted by molar-refractivity contribution is 6.38. The van der Waals surface area contributed by atoms with Crippen molar-refractivity contribution < 1.29 is 23.2 Å². The van der Waals surface area contributed by atoms with Crippen LogP contribution in [0, 0.1) is 6.92 Å². The lowest BCUT2D eigenvalue weighted by atomic mass is 9.98. The second-order valence-corrected chi connectivity index (χ2v) is 8.27. The molecule has 0 fully saturated rings. The van der Waals surface area contributed by atoms with Gasteiger partial charge in [-0.3, -0.25) is 14.5 Å². The Labute approximate surface area is 197 Å². The summed E-state index contributed by atoms with van der Waals surface area (Å²) in [4.78, 5) is 28.5. The van der Waals surface area contributed by atoms with Crippen LogP contribution in [0.3, 0.4) is 0 Å². The Morgan fingerprint density at radius 3 is 2.45 bits per heavy atom. The predicted molar refractivity (Wildman–Crippen MR) is 122 cm³/mol. The van der Waals surface area contributed by atoms with Gasteiger partial charge in [-0.2, -0.15) is 0 Å². The summed E-state index contributed by atoms with van der Waals surface area (Å²) in [5.74, 6) is 0.984. The Morgan fingerprint density at radius 2 is 1.79 bits per heavy atom. The molecule has 0 N–H and O–H groups in total. The quantitative estimate of drug-likeness (QED) is 0.392. The summed E-state index contributed by atoms with van der Waals surface area (Å²) < 4.78 is 21.8. The number of rotatable bonds is 4. The Balaban J connectivity index is 1.83. The molecule has 0 unspecified atom stereocenters. The average molecular weight is 487 g/mol. The van der Waals surface area contributed by atoms with E-state index < -0.39 is 17.4 Å². The molecule has 168 valence electrons. The standard InChI is InChI=1S/C23H16Cl2N2O6/c1-10-6-17(26-33-10)27-19(11-4-5-15(30-2)16(7-11)31-3)18-20(28)13-8-12(24)9-14(25)21(13)32-22(18)23(27)29/h4-9,19H,1-3H3/t19-/m1/s1. The van der Waals surface area contributed by atoms with Crippen molar-refractivity contribution in [1.29, 1.82) is 0 Å². The van der Waals surface area contributed by atoms with Crippen LogP contribution in [0.1, 0.15) is 33.5 Å². The van der Waals surface area contributed by atoms with E-state index in [2.05, 4.69) is 5.16 Å². The number of halogens is 2. The molecule has 8 nitrogen and oxygen atoms in total. The zero-order valence-electron chi connectivity index (χ0n) is 17.6. The lowest BCUT2D eigenvalue weighted by Gasteiger charge is -2.23. The molecule has 0 saturated heterocycles. The molecule has 0 radical (unpaired) electrons. The molecule has 0 spiro atoms. The molecule has 2 aromatic carbocycles. The number of amides is 1. The van der Waals surface area contributed by atoms with Gasteiger partial charge in [0.25, 0.3) is 5.91 Å². The largest absolute Gasteiger partial charge is 0.493 e. The first-order chi connectivity index (χ1) is 15.8. The van der Waals surface area contributed by atoms with Gasteiger partial charge < -0.3 is 18.4 Å². The van der Waals surface area contributed by atoms with Gasteiger partial charge in [-0.1, -0.05) is 34.4 Å². The molecule has 5 rings (SSSR count). The Hall–Kier alpha value is -3.49. The Kier molecular flexibility index (Phi) is 5.07. The van der Waals surface area contributed by atoms with Crippen molar-refractivity contribution in [3.05, 3.63) is 79.3 Å². The predicted octanol–water partition coefficient (Wildman–Crippen LogP) is 5.16. The van der Waals surface area contributed by atoms with E-state index in [1.807, 2.05) is 0 Å². The van der Waals surface area contributed by atoms with Crippen LogP contribution < -0.4 is 19.8 Å². The van der Waals surface area contributed by atoms with E-state index in [0.29, 0.717) is 22.8 Å². The molecular formula is C23H16Cl2N2O6. The molecule has 2 aromatic heterocycles. The zero-order valence-corrected chi connectivity index (χ0v) is 19.2. The van der Waals surface area contributed by atoms with Gasteiger partial charge >= 0.3 is 0 Å². The summed E-state index contributed by atoms with van der Waals surface area (Å²) >= 11 is 12.4. The Morgan fingerprint density at radius 1 is 1.03 bits per heavy atom. The molecular weight excluding hydrogens is 471 g/mol. The van der Waals surface area contributed by atoms with Crippen LogP contribution in [0.25, 0.3) is 11.0 Å². The fourth-order valence-electron chi connectivity index (χ4n) is 4.04. The molecule has 1 aliphatic rings. The molecule has 0 aliphatic carbocycles. The molecule has 1 atom stereocenters. The van der Waals surface area contributed by atoms with Crippen LogP contribution in [0.2, 0.25) is 10.0 Å². The number of aryl methyl sites for hydroxylation is 1. The maximum absolute atomic E-state index is 13.7. The normalized spacial score (nSPS) is 15.2. The summed E-state index contributed by atoms with van der Waals surface area (Å²) in [6.07, 6.45) is 0. The van der Waals surface area contributed by atoms with Crippen molar-refractivity contribution in [3.8, 4) is 11.5 Å². The topological polar surface area (TPSA) is 95.0 Å². The maximum Gasteiger partial charge on any atom is 0.296 e. The average Bonchev–Trinajstić information content (AvgIpc) is 3.35. The van der Waals surface area contributed by atoms with Crippen LogP contribution in [0.15, 0.2) is 50.1 Å². The number of carbonyl (C=O) groups is 1. The number of fused-ring (bicyclic) bond motifs is 2. The maximum atomic E-state index is 13.7. The highest BCUT2D eigenvalue weighted by Crippen LogP contribution is 2.43. The molecule has 33 heavy (non-hydrogen) atoms. The van der Waals surface area contributed by atoms with Crippen LogP contribution >= 0.6 is 23.2 Å². The monoisotopic (exact) mass is 486 g/mol. The number of carbonyl (C=O) groups excluding carboxylic acids is 1.